The van der Waals surface area contributed by atoms with Crippen molar-refractivity contribution in [3.63, 3.8) is 0 Å². The van der Waals surface area contributed by atoms with E-state index in [1.54, 1.807) is 16.0 Å². The van der Waals surface area contributed by atoms with Crippen LogP contribution < -0.4 is 0 Å². The third-order valence-corrected chi connectivity index (χ3v) is 1.39. The Morgan fingerprint density at radius 3 is 1.78 bits per heavy atom. The van der Waals surface area contributed by atoms with Crippen LogP contribution in [0, 0.1) is 0 Å². The molecular weight excluding hydrogens is 163 g/mol. The molecule has 6 heteroatoms. The molecule has 0 unspecified atom stereocenters. The first kappa shape index (κ1) is 11.8. The zero-order valence-electron chi connectivity index (χ0n) is 4.99. The molecule has 0 aromatic carbocycles. The molecule has 0 aliphatic heterocycles. The van der Waals surface area contributed by atoms with Gasteiger partial charge < -0.3 is 0 Å². The maximum atomic E-state index is 9.79. The lowest BCUT2D eigenvalue weighted by Gasteiger charge is -1.85. The molecule has 0 aromatic heterocycles. The van der Waals surface area contributed by atoms with Gasteiger partial charge in [0, 0.05) is 0 Å². The van der Waals surface area contributed by atoms with E-state index < -0.39 is 10.1 Å². The van der Waals surface area contributed by atoms with E-state index in [1.165, 1.54) is 0 Å². The molecule has 0 radical (unpaired) electrons. The van der Waals surface area contributed by atoms with E-state index in [0.717, 1.165) is 0 Å². The van der Waals surface area contributed by atoms with E-state index in [-0.39, 0.29) is 5.75 Å². The standard InChI is InChI=1S/C3H8O3S.HOP/c1-2-3-7(4,5)6;1-2/h2-3H2,1H3,(H,4,5,6);2H. The van der Waals surface area contributed by atoms with Crippen molar-refractivity contribution in [2.24, 2.45) is 0 Å². The Labute approximate surface area is 56.6 Å². The van der Waals surface area contributed by atoms with Crippen molar-refractivity contribution in [3.05, 3.63) is 0 Å². The predicted octanol–water partition coefficient (Wildman–Crippen LogP) is 0.759. The van der Waals surface area contributed by atoms with E-state index >= 15 is 0 Å². The first-order chi connectivity index (χ1) is 4.06. The smallest absolute Gasteiger partial charge is 0.264 e. The molecule has 0 saturated carbocycles. The van der Waals surface area contributed by atoms with Crippen molar-refractivity contribution in [1.82, 2.24) is 0 Å². The highest BCUT2D eigenvalue weighted by Crippen LogP contribution is 1.83. The summed E-state index contributed by atoms with van der Waals surface area (Å²) in [6, 6.07) is 0. The minimum Gasteiger partial charge on any atom is -0.286 e. The summed E-state index contributed by atoms with van der Waals surface area (Å²) in [5.41, 5.74) is 0. The van der Waals surface area contributed by atoms with Crippen molar-refractivity contribution < 1.29 is 17.5 Å². The van der Waals surface area contributed by atoms with Crippen LogP contribution in [0.3, 0.4) is 0 Å². The minimum absolute atomic E-state index is 0.132. The summed E-state index contributed by atoms with van der Waals surface area (Å²) >= 11 is 0. The SMILES string of the molecule is CCCS(=O)(=O)O.O=P. The van der Waals surface area contributed by atoms with Crippen LogP contribution in [0.1, 0.15) is 13.3 Å². The van der Waals surface area contributed by atoms with Gasteiger partial charge in [-0.05, 0) is 6.42 Å². The van der Waals surface area contributed by atoms with Gasteiger partial charge in [-0.15, -0.1) is 0 Å². The molecule has 0 aliphatic rings. The molecule has 0 atom stereocenters. The molecule has 0 heterocycles. The zero-order valence-corrected chi connectivity index (χ0v) is 6.81. The lowest BCUT2D eigenvalue weighted by molar-refractivity contribution is 0.482. The largest absolute Gasteiger partial charge is 0.286 e. The Kier molecular flexibility index (Phi) is 8.02. The first-order valence-electron chi connectivity index (χ1n) is 2.22. The zero-order chi connectivity index (χ0) is 7.91. The summed E-state index contributed by atoms with van der Waals surface area (Å²) in [5, 5.41) is 0. The Hall–Kier alpha value is 0.01000. The van der Waals surface area contributed by atoms with Crippen LogP contribution in [-0.2, 0) is 14.7 Å². The van der Waals surface area contributed by atoms with Gasteiger partial charge >= 0.3 is 0 Å². The quantitative estimate of drug-likeness (QED) is 0.493. The van der Waals surface area contributed by atoms with Crippen LogP contribution >= 0.6 is 9.12 Å². The van der Waals surface area contributed by atoms with E-state index in [0.29, 0.717) is 6.42 Å². The highest BCUT2D eigenvalue weighted by molar-refractivity contribution is 7.85. The highest BCUT2D eigenvalue weighted by atomic mass is 32.2. The summed E-state index contributed by atoms with van der Waals surface area (Å²) in [7, 11) is -1.95. The molecule has 0 bridgehead atoms. The minimum atomic E-state index is -3.67. The molecule has 4 nitrogen and oxygen atoms in total. The van der Waals surface area contributed by atoms with Gasteiger partial charge in [0.2, 0.25) is 0 Å². The third-order valence-electron chi connectivity index (χ3n) is 0.462. The van der Waals surface area contributed by atoms with Crippen LogP contribution in [-0.4, -0.2) is 18.7 Å². The molecule has 0 aliphatic carbocycles. The second-order valence-corrected chi connectivity index (χ2v) is 2.86. The molecule has 56 valence electrons. The lowest BCUT2D eigenvalue weighted by Crippen LogP contribution is -2.01. The van der Waals surface area contributed by atoms with Crippen LogP contribution in [0.5, 0.6) is 0 Å². The predicted molar refractivity (Wildman–Crippen MR) is 35.7 cm³/mol. The second kappa shape index (κ2) is 6.13. The summed E-state index contributed by atoms with van der Waals surface area (Å²) in [4.78, 5) is 0. The van der Waals surface area contributed by atoms with Gasteiger partial charge in [-0.1, -0.05) is 6.92 Å². The fourth-order valence-corrected chi connectivity index (χ4v) is 0.774. The van der Waals surface area contributed by atoms with E-state index in [4.69, 9.17) is 9.12 Å². The molecule has 1 N–H and O–H groups in total. The fourth-order valence-electron chi connectivity index (χ4n) is 0.258. The average Bonchev–Trinajstić information content (AvgIpc) is 1.69. The van der Waals surface area contributed by atoms with Crippen LogP contribution in [0.25, 0.3) is 0 Å². The molecule has 0 spiro atoms. The van der Waals surface area contributed by atoms with Crippen LogP contribution in [0.2, 0.25) is 0 Å². The molecule has 9 heavy (non-hydrogen) atoms. The van der Waals surface area contributed by atoms with E-state index in [2.05, 4.69) is 0 Å². The van der Waals surface area contributed by atoms with Crippen LogP contribution in [0.4, 0.5) is 0 Å². The highest BCUT2D eigenvalue weighted by Gasteiger charge is 1.98. The first-order valence-corrected chi connectivity index (χ1v) is 4.23. The maximum Gasteiger partial charge on any atom is 0.264 e. The van der Waals surface area contributed by atoms with Gasteiger partial charge in [0.1, 0.15) is 9.12 Å². The summed E-state index contributed by atoms with van der Waals surface area (Å²) in [5.74, 6) is -0.132. The van der Waals surface area contributed by atoms with Crippen molar-refractivity contribution in [1.29, 1.82) is 0 Å². The molecule has 0 aromatic rings. The summed E-state index contributed by atoms with van der Waals surface area (Å²) in [6.07, 6.45) is 0.471. The van der Waals surface area contributed by atoms with Gasteiger partial charge in [-0.25, -0.2) is 0 Å². The Balaban J connectivity index is 0. The topological polar surface area (TPSA) is 71.4 Å². The molecule has 0 rings (SSSR count). The molecule has 0 saturated heterocycles. The molecule has 0 amide bonds. The van der Waals surface area contributed by atoms with Crippen LogP contribution in [0.15, 0.2) is 0 Å². The van der Waals surface area contributed by atoms with Gasteiger partial charge in [0.25, 0.3) is 10.1 Å². The monoisotopic (exact) mass is 172 g/mol. The van der Waals surface area contributed by atoms with Gasteiger partial charge in [0.15, 0.2) is 0 Å². The Morgan fingerprint density at radius 1 is 1.44 bits per heavy atom. The van der Waals surface area contributed by atoms with Gasteiger partial charge in [0.05, 0.1) is 5.75 Å². The number of rotatable bonds is 2. The number of hydrogen-bond donors (Lipinski definition) is 1. The van der Waals surface area contributed by atoms with Crippen molar-refractivity contribution >= 4 is 19.2 Å². The third kappa shape index (κ3) is 18.0. The fraction of sp³-hybridized carbons (Fsp3) is 1.00. The average molecular weight is 172 g/mol. The van der Waals surface area contributed by atoms with Crippen molar-refractivity contribution in [3.8, 4) is 0 Å². The second-order valence-electron chi connectivity index (χ2n) is 1.29. The summed E-state index contributed by atoms with van der Waals surface area (Å²) < 4.78 is 35.6. The van der Waals surface area contributed by atoms with E-state index in [1.807, 2.05) is 0 Å². The normalized spacial score (nSPS) is 9.56. The van der Waals surface area contributed by atoms with Gasteiger partial charge in [-0.2, -0.15) is 8.42 Å². The van der Waals surface area contributed by atoms with Crippen molar-refractivity contribution in [2.75, 3.05) is 5.75 Å². The molecular formula is C3H9O4PS. The summed E-state index contributed by atoms with van der Waals surface area (Å²) in [6.45, 7) is 1.69. The van der Waals surface area contributed by atoms with Crippen molar-refractivity contribution in [2.45, 2.75) is 13.3 Å². The Bertz CT molecular complexity index is 140. The van der Waals surface area contributed by atoms with E-state index in [9.17, 15) is 8.42 Å². The lowest BCUT2D eigenvalue weighted by atomic mass is 10.6. The Morgan fingerprint density at radius 2 is 1.78 bits per heavy atom. The number of hydrogen-bond acceptors (Lipinski definition) is 3. The van der Waals surface area contributed by atoms with Gasteiger partial charge in [-0.3, -0.25) is 9.12 Å². The molecule has 0 fully saturated rings. The maximum absolute atomic E-state index is 9.79.